The number of benzene rings is 1. The van der Waals surface area contributed by atoms with Gasteiger partial charge in [-0.3, -0.25) is 4.79 Å². The van der Waals surface area contributed by atoms with E-state index in [9.17, 15) is 4.79 Å². The van der Waals surface area contributed by atoms with Gasteiger partial charge in [-0.1, -0.05) is 17.7 Å². The predicted molar refractivity (Wildman–Crippen MR) is 74.1 cm³/mol. The molecule has 0 N–H and O–H groups in total. The molecule has 3 heteroatoms. The van der Waals surface area contributed by atoms with E-state index in [-0.39, 0.29) is 0 Å². The Labute approximate surface area is 114 Å². The van der Waals surface area contributed by atoms with Crippen LogP contribution in [-0.2, 0) is 4.79 Å². The standard InChI is InChI=1S/C16H21NO2/c1-13-2-4-14(5-3-13)19-15-6-8-16(9-7-15)10-17(11-16)12-18/h2-5,12,15H,6-11H2,1H3. The number of amides is 1. The van der Waals surface area contributed by atoms with Crippen LogP contribution >= 0.6 is 0 Å². The van der Waals surface area contributed by atoms with Gasteiger partial charge in [0.15, 0.2) is 0 Å². The molecular formula is C16H21NO2. The third kappa shape index (κ3) is 2.60. The van der Waals surface area contributed by atoms with Crippen molar-refractivity contribution in [3.8, 4) is 5.75 Å². The highest BCUT2D eigenvalue weighted by molar-refractivity contribution is 5.49. The SMILES string of the molecule is Cc1ccc(OC2CCC3(CC2)CN(C=O)C3)cc1. The fraction of sp³-hybridized carbons (Fsp3) is 0.562. The molecule has 3 rings (SSSR count). The van der Waals surface area contributed by atoms with Gasteiger partial charge in [-0.05, 0) is 44.7 Å². The van der Waals surface area contributed by atoms with Gasteiger partial charge in [0.2, 0.25) is 6.41 Å². The summed E-state index contributed by atoms with van der Waals surface area (Å²) in [7, 11) is 0. The van der Waals surface area contributed by atoms with E-state index in [0.29, 0.717) is 11.5 Å². The van der Waals surface area contributed by atoms with Crippen LogP contribution in [-0.4, -0.2) is 30.5 Å². The zero-order valence-corrected chi connectivity index (χ0v) is 11.5. The average Bonchev–Trinajstić information content (AvgIpc) is 2.40. The lowest BCUT2D eigenvalue weighted by Gasteiger charge is -2.52. The van der Waals surface area contributed by atoms with Crippen LogP contribution in [0.1, 0.15) is 31.2 Å². The van der Waals surface area contributed by atoms with Gasteiger partial charge in [-0.15, -0.1) is 0 Å². The summed E-state index contributed by atoms with van der Waals surface area (Å²) >= 11 is 0. The molecule has 102 valence electrons. The Morgan fingerprint density at radius 3 is 2.42 bits per heavy atom. The highest BCUT2D eigenvalue weighted by Crippen LogP contribution is 2.43. The lowest BCUT2D eigenvalue weighted by molar-refractivity contribution is -0.132. The quantitative estimate of drug-likeness (QED) is 0.781. The summed E-state index contributed by atoms with van der Waals surface area (Å²) in [5.74, 6) is 0.981. The molecule has 1 aromatic rings. The number of aryl methyl sites for hydroxylation is 1. The van der Waals surface area contributed by atoms with Crippen LogP contribution < -0.4 is 4.74 Å². The molecule has 1 heterocycles. The molecule has 1 aromatic carbocycles. The summed E-state index contributed by atoms with van der Waals surface area (Å²) < 4.78 is 6.04. The molecule has 0 unspecified atom stereocenters. The normalized spacial score (nSPS) is 22.1. The molecular weight excluding hydrogens is 238 g/mol. The van der Waals surface area contributed by atoms with E-state index in [1.807, 2.05) is 4.90 Å². The molecule has 1 amide bonds. The van der Waals surface area contributed by atoms with E-state index >= 15 is 0 Å². The topological polar surface area (TPSA) is 29.5 Å². The average molecular weight is 259 g/mol. The maximum absolute atomic E-state index is 10.6. The van der Waals surface area contributed by atoms with E-state index in [2.05, 4.69) is 31.2 Å². The Morgan fingerprint density at radius 1 is 1.21 bits per heavy atom. The molecule has 1 aliphatic heterocycles. The van der Waals surface area contributed by atoms with Crippen LogP contribution in [0.5, 0.6) is 5.75 Å². The molecule has 3 nitrogen and oxygen atoms in total. The van der Waals surface area contributed by atoms with Gasteiger partial charge in [0.1, 0.15) is 5.75 Å². The van der Waals surface area contributed by atoms with E-state index in [4.69, 9.17) is 4.74 Å². The minimum atomic E-state index is 0.346. The monoisotopic (exact) mass is 259 g/mol. The Hall–Kier alpha value is -1.51. The van der Waals surface area contributed by atoms with Gasteiger partial charge in [0.05, 0.1) is 6.10 Å². The van der Waals surface area contributed by atoms with E-state index < -0.39 is 0 Å². The highest BCUT2D eigenvalue weighted by atomic mass is 16.5. The van der Waals surface area contributed by atoms with Crippen molar-refractivity contribution in [2.75, 3.05) is 13.1 Å². The molecule has 19 heavy (non-hydrogen) atoms. The first-order valence-corrected chi connectivity index (χ1v) is 7.12. The number of carbonyl (C=O) groups is 1. The summed E-state index contributed by atoms with van der Waals surface area (Å²) in [6.07, 6.45) is 5.92. The molecule has 0 atom stereocenters. The van der Waals surface area contributed by atoms with Crippen molar-refractivity contribution in [1.29, 1.82) is 0 Å². The third-order valence-electron chi connectivity index (χ3n) is 4.54. The number of likely N-dealkylation sites (tertiary alicyclic amines) is 1. The van der Waals surface area contributed by atoms with E-state index in [1.165, 1.54) is 18.4 Å². The van der Waals surface area contributed by atoms with Crippen LogP contribution in [0.4, 0.5) is 0 Å². The summed E-state index contributed by atoms with van der Waals surface area (Å²) in [5, 5.41) is 0. The van der Waals surface area contributed by atoms with Crippen molar-refractivity contribution in [3.63, 3.8) is 0 Å². The lowest BCUT2D eigenvalue weighted by atomic mass is 9.68. The van der Waals surface area contributed by atoms with Gasteiger partial charge in [-0.25, -0.2) is 0 Å². The molecule has 0 radical (unpaired) electrons. The zero-order chi connectivity index (χ0) is 13.3. The summed E-state index contributed by atoms with van der Waals surface area (Å²) in [5.41, 5.74) is 1.67. The van der Waals surface area contributed by atoms with Crippen LogP contribution in [0.25, 0.3) is 0 Å². The zero-order valence-electron chi connectivity index (χ0n) is 11.5. The van der Waals surface area contributed by atoms with Crippen molar-refractivity contribution in [2.24, 2.45) is 5.41 Å². The van der Waals surface area contributed by atoms with Gasteiger partial charge in [0.25, 0.3) is 0 Å². The van der Waals surface area contributed by atoms with Crippen molar-refractivity contribution in [3.05, 3.63) is 29.8 Å². The van der Waals surface area contributed by atoms with Crippen molar-refractivity contribution >= 4 is 6.41 Å². The molecule has 2 aliphatic rings. The second-order valence-corrected chi connectivity index (χ2v) is 6.14. The second-order valence-electron chi connectivity index (χ2n) is 6.14. The van der Waals surface area contributed by atoms with E-state index in [1.54, 1.807) is 0 Å². The van der Waals surface area contributed by atoms with Gasteiger partial charge in [0, 0.05) is 18.5 Å². The molecule has 1 spiro atoms. The molecule has 0 aromatic heterocycles. The van der Waals surface area contributed by atoms with E-state index in [0.717, 1.165) is 38.1 Å². The maximum atomic E-state index is 10.6. The number of nitrogens with zero attached hydrogens (tertiary/aromatic N) is 1. The van der Waals surface area contributed by atoms with Crippen molar-refractivity contribution in [1.82, 2.24) is 4.90 Å². The summed E-state index contributed by atoms with van der Waals surface area (Å²) in [6.45, 7) is 3.99. The number of hydrogen-bond acceptors (Lipinski definition) is 2. The van der Waals surface area contributed by atoms with Crippen LogP contribution in [0.15, 0.2) is 24.3 Å². The predicted octanol–water partition coefficient (Wildman–Crippen LogP) is 2.77. The number of ether oxygens (including phenoxy) is 1. The van der Waals surface area contributed by atoms with Crippen molar-refractivity contribution < 1.29 is 9.53 Å². The molecule has 0 bridgehead atoms. The maximum Gasteiger partial charge on any atom is 0.209 e. The smallest absolute Gasteiger partial charge is 0.209 e. The molecule has 2 fully saturated rings. The highest BCUT2D eigenvalue weighted by Gasteiger charge is 2.44. The first kappa shape index (κ1) is 12.5. The fourth-order valence-electron chi connectivity index (χ4n) is 3.34. The second kappa shape index (κ2) is 4.87. The van der Waals surface area contributed by atoms with Gasteiger partial charge < -0.3 is 9.64 Å². The number of rotatable bonds is 3. The summed E-state index contributed by atoms with van der Waals surface area (Å²) in [4.78, 5) is 12.5. The molecule has 1 aliphatic carbocycles. The van der Waals surface area contributed by atoms with Crippen LogP contribution in [0, 0.1) is 12.3 Å². The van der Waals surface area contributed by atoms with Crippen LogP contribution in [0.2, 0.25) is 0 Å². The first-order valence-electron chi connectivity index (χ1n) is 7.12. The minimum Gasteiger partial charge on any atom is -0.490 e. The van der Waals surface area contributed by atoms with Gasteiger partial charge in [-0.2, -0.15) is 0 Å². The third-order valence-corrected chi connectivity index (χ3v) is 4.54. The largest absolute Gasteiger partial charge is 0.490 e. The Balaban J connectivity index is 1.51. The van der Waals surface area contributed by atoms with Crippen LogP contribution in [0.3, 0.4) is 0 Å². The molecule has 1 saturated heterocycles. The minimum absolute atomic E-state index is 0.346. The molecule has 1 saturated carbocycles. The van der Waals surface area contributed by atoms with Crippen molar-refractivity contribution in [2.45, 2.75) is 38.7 Å². The Kier molecular flexibility index (Phi) is 3.21. The number of carbonyl (C=O) groups excluding carboxylic acids is 1. The Bertz CT molecular complexity index is 438. The first-order chi connectivity index (χ1) is 9.19. The summed E-state index contributed by atoms with van der Waals surface area (Å²) in [6, 6.07) is 8.29. The van der Waals surface area contributed by atoms with Gasteiger partial charge >= 0.3 is 0 Å². The lowest BCUT2D eigenvalue weighted by Crippen LogP contribution is -2.57. The Morgan fingerprint density at radius 2 is 1.84 bits per heavy atom. The fourth-order valence-corrected chi connectivity index (χ4v) is 3.34. The number of hydrogen-bond donors (Lipinski definition) is 0.